The van der Waals surface area contributed by atoms with E-state index in [1.165, 1.54) is 6.92 Å². The number of hydrogen-bond donors (Lipinski definition) is 2. The highest BCUT2D eigenvalue weighted by molar-refractivity contribution is 5.85. The summed E-state index contributed by atoms with van der Waals surface area (Å²) in [6, 6.07) is 7.55. The lowest BCUT2D eigenvalue weighted by Crippen LogP contribution is -2.57. The summed E-state index contributed by atoms with van der Waals surface area (Å²) in [4.78, 5) is 26.5. The molecule has 7 heteroatoms. The van der Waals surface area contributed by atoms with Gasteiger partial charge in [-0.3, -0.25) is 9.59 Å². The zero-order chi connectivity index (χ0) is 18.4. The van der Waals surface area contributed by atoms with Gasteiger partial charge in [0.1, 0.15) is 5.75 Å². The average Bonchev–Trinajstić information content (AvgIpc) is 2.57. The van der Waals surface area contributed by atoms with Crippen LogP contribution in [0, 0.1) is 0 Å². The molecule has 0 saturated carbocycles. The largest absolute Gasteiger partial charge is 0.494 e. The van der Waals surface area contributed by atoms with E-state index in [0.717, 1.165) is 12.1 Å². The third-order valence-electron chi connectivity index (χ3n) is 4.71. The van der Waals surface area contributed by atoms with Crippen molar-refractivity contribution in [3.05, 3.63) is 29.8 Å². The molecule has 146 valence electrons. The van der Waals surface area contributed by atoms with Gasteiger partial charge >= 0.3 is 0 Å². The minimum absolute atomic E-state index is 0. The average molecular weight is 384 g/mol. The van der Waals surface area contributed by atoms with Gasteiger partial charge in [0.25, 0.3) is 0 Å². The highest BCUT2D eigenvalue weighted by Crippen LogP contribution is 2.28. The Morgan fingerprint density at radius 2 is 2.04 bits per heavy atom. The number of halogens is 1. The quantitative estimate of drug-likeness (QED) is 0.790. The molecule has 1 aromatic carbocycles. The minimum atomic E-state index is -0.398. The highest BCUT2D eigenvalue weighted by atomic mass is 35.5. The number of nitrogens with zero attached hydrogens (tertiary/aromatic N) is 1. The van der Waals surface area contributed by atoms with Crippen molar-refractivity contribution in [3.63, 3.8) is 0 Å². The molecule has 3 unspecified atom stereocenters. The maximum absolute atomic E-state index is 12.9. The minimum Gasteiger partial charge on any atom is -0.494 e. The molecular formula is C19H30ClN3O3. The molecule has 0 bridgehead atoms. The molecule has 1 saturated heterocycles. The second-order valence-corrected chi connectivity index (χ2v) is 6.50. The van der Waals surface area contributed by atoms with Gasteiger partial charge in [0.2, 0.25) is 11.8 Å². The number of carbonyl (C=O) groups is 2. The van der Waals surface area contributed by atoms with Crippen LogP contribution in [0.25, 0.3) is 0 Å². The molecule has 1 aromatic rings. The number of carbonyl (C=O) groups excluding carboxylic acids is 2. The summed E-state index contributed by atoms with van der Waals surface area (Å²) in [7, 11) is 0. The second kappa shape index (κ2) is 10.4. The first-order valence-corrected chi connectivity index (χ1v) is 8.95. The molecule has 0 spiro atoms. The van der Waals surface area contributed by atoms with Gasteiger partial charge in [-0.05, 0) is 26.8 Å². The normalized spacial score (nSPS) is 20.7. The summed E-state index contributed by atoms with van der Waals surface area (Å²) in [6.45, 7) is 9.53. The number of hydrogen-bond acceptors (Lipinski definition) is 4. The fraction of sp³-hybridized carbons (Fsp3) is 0.579. The van der Waals surface area contributed by atoms with Crippen LogP contribution in [0.15, 0.2) is 24.3 Å². The molecule has 6 nitrogen and oxygen atoms in total. The number of para-hydroxylation sites is 1. The molecule has 2 amide bonds. The van der Waals surface area contributed by atoms with Gasteiger partial charge in [-0.25, -0.2) is 0 Å². The Balaban J connectivity index is 0.00000338. The number of amides is 2. The van der Waals surface area contributed by atoms with Crippen LogP contribution >= 0.6 is 12.4 Å². The third-order valence-corrected chi connectivity index (χ3v) is 4.71. The molecule has 1 aliphatic heterocycles. The van der Waals surface area contributed by atoms with Crippen LogP contribution in [-0.4, -0.2) is 48.5 Å². The molecule has 3 atom stereocenters. The van der Waals surface area contributed by atoms with Crippen molar-refractivity contribution >= 4 is 24.2 Å². The van der Waals surface area contributed by atoms with Gasteiger partial charge in [0.05, 0.1) is 19.1 Å². The van der Waals surface area contributed by atoms with Crippen LogP contribution in [-0.2, 0) is 9.59 Å². The standard InChI is InChI=1S/C19H29N3O3.ClH/c1-5-25-18-9-7-6-8-16(18)17(21-15(4)23)12-19(24)22-11-10-20-13(2)14(22)3;/h6-9,13-14,17,20H,5,10-12H2,1-4H3,(H,21,23);1H. The van der Waals surface area contributed by atoms with Gasteiger partial charge in [-0.15, -0.1) is 12.4 Å². The fourth-order valence-corrected chi connectivity index (χ4v) is 3.24. The van der Waals surface area contributed by atoms with Crippen molar-refractivity contribution in [1.82, 2.24) is 15.5 Å². The maximum Gasteiger partial charge on any atom is 0.225 e. The predicted octanol–water partition coefficient (Wildman–Crippen LogP) is 2.28. The molecule has 0 aromatic heterocycles. The van der Waals surface area contributed by atoms with E-state index < -0.39 is 6.04 Å². The lowest BCUT2D eigenvalue weighted by atomic mass is 10.00. The van der Waals surface area contributed by atoms with E-state index >= 15 is 0 Å². The van der Waals surface area contributed by atoms with Crippen molar-refractivity contribution in [3.8, 4) is 5.75 Å². The number of nitrogens with one attached hydrogen (secondary N) is 2. The van der Waals surface area contributed by atoms with E-state index in [2.05, 4.69) is 24.5 Å². The lowest BCUT2D eigenvalue weighted by Gasteiger charge is -2.39. The van der Waals surface area contributed by atoms with Crippen LogP contribution < -0.4 is 15.4 Å². The van der Waals surface area contributed by atoms with Gasteiger partial charge < -0.3 is 20.3 Å². The first-order valence-electron chi connectivity index (χ1n) is 8.95. The monoisotopic (exact) mass is 383 g/mol. The Morgan fingerprint density at radius 3 is 2.69 bits per heavy atom. The Kier molecular flexibility index (Phi) is 8.88. The van der Waals surface area contributed by atoms with Crippen molar-refractivity contribution in [2.45, 2.75) is 52.2 Å². The van der Waals surface area contributed by atoms with Crippen LogP contribution in [0.5, 0.6) is 5.75 Å². The molecular weight excluding hydrogens is 354 g/mol. The number of piperazine rings is 1. The van der Waals surface area contributed by atoms with Gasteiger partial charge in [0, 0.05) is 37.7 Å². The zero-order valence-corrected chi connectivity index (χ0v) is 16.8. The number of ether oxygens (including phenoxy) is 1. The molecule has 1 heterocycles. The Hall–Kier alpha value is -1.79. The Bertz CT molecular complexity index is 611. The lowest BCUT2D eigenvalue weighted by molar-refractivity contribution is -0.135. The zero-order valence-electron chi connectivity index (χ0n) is 16.0. The summed E-state index contributed by atoms with van der Waals surface area (Å²) >= 11 is 0. The predicted molar refractivity (Wildman–Crippen MR) is 105 cm³/mol. The first kappa shape index (κ1) is 22.3. The summed E-state index contributed by atoms with van der Waals surface area (Å²) in [6.07, 6.45) is 0.223. The van der Waals surface area contributed by atoms with E-state index in [9.17, 15) is 9.59 Å². The first-order chi connectivity index (χ1) is 11.9. The van der Waals surface area contributed by atoms with E-state index in [0.29, 0.717) is 18.9 Å². The second-order valence-electron chi connectivity index (χ2n) is 6.50. The van der Waals surface area contributed by atoms with Gasteiger partial charge in [-0.2, -0.15) is 0 Å². The summed E-state index contributed by atoms with van der Waals surface area (Å²) < 4.78 is 5.68. The van der Waals surface area contributed by atoms with Gasteiger partial charge in [-0.1, -0.05) is 18.2 Å². The van der Waals surface area contributed by atoms with Crippen LogP contribution in [0.1, 0.15) is 45.7 Å². The van der Waals surface area contributed by atoms with E-state index in [1.54, 1.807) is 0 Å². The molecule has 2 N–H and O–H groups in total. The Labute approximate surface area is 162 Å². The molecule has 0 aliphatic carbocycles. The van der Waals surface area contributed by atoms with E-state index in [1.807, 2.05) is 36.1 Å². The smallest absolute Gasteiger partial charge is 0.225 e. The molecule has 1 aliphatic rings. The van der Waals surface area contributed by atoms with E-state index in [4.69, 9.17) is 4.74 Å². The van der Waals surface area contributed by atoms with Crippen molar-refractivity contribution in [2.75, 3.05) is 19.7 Å². The van der Waals surface area contributed by atoms with Crippen LogP contribution in [0.4, 0.5) is 0 Å². The SMILES string of the molecule is CCOc1ccccc1C(CC(=O)N1CCNC(C)C1C)NC(C)=O.Cl. The van der Waals surface area contributed by atoms with Crippen molar-refractivity contribution < 1.29 is 14.3 Å². The van der Waals surface area contributed by atoms with Crippen LogP contribution in [0.3, 0.4) is 0 Å². The van der Waals surface area contributed by atoms with E-state index in [-0.39, 0.29) is 42.7 Å². The fourth-order valence-electron chi connectivity index (χ4n) is 3.24. The summed E-state index contributed by atoms with van der Waals surface area (Å²) in [5.74, 6) is 0.593. The van der Waals surface area contributed by atoms with Gasteiger partial charge in [0.15, 0.2) is 0 Å². The maximum atomic E-state index is 12.9. The number of rotatable bonds is 6. The highest BCUT2D eigenvalue weighted by Gasteiger charge is 2.30. The Morgan fingerprint density at radius 1 is 1.35 bits per heavy atom. The molecule has 0 radical (unpaired) electrons. The third kappa shape index (κ3) is 5.61. The number of benzene rings is 1. The van der Waals surface area contributed by atoms with Crippen molar-refractivity contribution in [1.29, 1.82) is 0 Å². The molecule has 2 rings (SSSR count). The summed E-state index contributed by atoms with van der Waals surface area (Å²) in [5, 5.41) is 6.28. The van der Waals surface area contributed by atoms with Crippen LogP contribution in [0.2, 0.25) is 0 Å². The molecule has 1 fully saturated rings. The van der Waals surface area contributed by atoms with Crippen molar-refractivity contribution in [2.24, 2.45) is 0 Å². The molecule has 26 heavy (non-hydrogen) atoms. The summed E-state index contributed by atoms with van der Waals surface area (Å²) in [5.41, 5.74) is 0.837. The topological polar surface area (TPSA) is 70.7 Å².